The molecular formula is C16H17Cl2N5S. The van der Waals surface area contributed by atoms with Crippen molar-refractivity contribution in [3.05, 3.63) is 34.1 Å². The van der Waals surface area contributed by atoms with Gasteiger partial charge in [-0.05, 0) is 38.1 Å². The van der Waals surface area contributed by atoms with E-state index in [4.69, 9.17) is 23.2 Å². The van der Waals surface area contributed by atoms with Gasteiger partial charge in [0.15, 0.2) is 5.82 Å². The van der Waals surface area contributed by atoms with Gasteiger partial charge in [0.1, 0.15) is 5.01 Å². The summed E-state index contributed by atoms with van der Waals surface area (Å²) in [5.41, 5.74) is 0.945. The van der Waals surface area contributed by atoms with E-state index in [0.717, 1.165) is 41.0 Å². The van der Waals surface area contributed by atoms with E-state index in [9.17, 15) is 0 Å². The SMILES string of the molecule is Clc1ccc(-c2nn3c(CN4CCCCCC4)nnc3s2)cc1Cl. The molecule has 4 rings (SSSR count). The Morgan fingerprint density at radius 3 is 2.54 bits per heavy atom. The van der Waals surface area contributed by atoms with Gasteiger partial charge in [0, 0.05) is 5.56 Å². The van der Waals surface area contributed by atoms with Crippen LogP contribution in [0.1, 0.15) is 31.5 Å². The molecule has 0 amide bonds. The standard InChI is InChI=1S/C16H17Cl2N5S/c17-12-6-5-11(9-13(12)18)15-21-23-14(19-20-16(23)24-15)10-22-7-3-1-2-4-8-22/h5-6,9H,1-4,7-8,10H2. The lowest BCUT2D eigenvalue weighted by molar-refractivity contribution is 0.268. The molecule has 0 aliphatic carbocycles. The molecule has 5 nitrogen and oxygen atoms in total. The zero-order valence-electron chi connectivity index (χ0n) is 13.1. The Labute approximate surface area is 154 Å². The second-order valence-corrected chi connectivity index (χ2v) is 7.81. The van der Waals surface area contributed by atoms with Crippen LogP contribution in [-0.4, -0.2) is 37.8 Å². The van der Waals surface area contributed by atoms with Gasteiger partial charge in [0.05, 0.1) is 16.6 Å². The highest BCUT2D eigenvalue weighted by molar-refractivity contribution is 7.19. The van der Waals surface area contributed by atoms with E-state index >= 15 is 0 Å². The van der Waals surface area contributed by atoms with Crippen molar-refractivity contribution in [2.24, 2.45) is 0 Å². The maximum atomic E-state index is 6.12. The number of halogens is 2. The molecule has 0 radical (unpaired) electrons. The number of rotatable bonds is 3. The third kappa shape index (κ3) is 3.28. The molecule has 0 saturated carbocycles. The Hall–Kier alpha value is -1.21. The lowest BCUT2D eigenvalue weighted by atomic mass is 10.2. The van der Waals surface area contributed by atoms with Gasteiger partial charge in [-0.15, -0.1) is 10.2 Å². The van der Waals surface area contributed by atoms with Gasteiger partial charge in [0.2, 0.25) is 4.96 Å². The number of nitrogens with zero attached hydrogens (tertiary/aromatic N) is 5. The summed E-state index contributed by atoms with van der Waals surface area (Å²) in [5, 5.41) is 15.2. The van der Waals surface area contributed by atoms with Crippen LogP contribution < -0.4 is 0 Å². The molecule has 0 atom stereocenters. The van der Waals surface area contributed by atoms with Crippen LogP contribution in [0.15, 0.2) is 18.2 Å². The monoisotopic (exact) mass is 381 g/mol. The van der Waals surface area contributed by atoms with Crippen LogP contribution in [0.25, 0.3) is 15.5 Å². The van der Waals surface area contributed by atoms with E-state index in [1.807, 2.05) is 16.6 Å². The van der Waals surface area contributed by atoms with Gasteiger partial charge in [-0.25, -0.2) is 0 Å². The molecule has 0 spiro atoms. The van der Waals surface area contributed by atoms with Gasteiger partial charge in [-0.3, -0.25) is 4.90 Å². The molecular weight excluding hydrogens is 365 g/mol. The zero-order valence-corrected chi connectivity index (χ0v) is 15.4. The minimum atomic E-state index is 0.532. The molecule has 1 aliphatic rings. The fraction of sp³-hybridized carbons (Fsp3) is 0.438. The van der Waals surface area contributed by atoms with Crippen LogP contribution in [0.5, 0.6) is 0 Å². The second-order valence-electron chi connectivity index (χ2n) is 6.04. The summed E-state index contributed by atoms with van der Waals surface area (Å²) in [7, 11) is 0. The number of aromatic nitrogens is 4. The average molecular weight is 382 g/mol. The minimum Gasteiger partial charge on any atom is -0.296 e. The third-order valence-corrected chi connectivity index (χ3v) is 5.97. The van der Waals surface area contributed by atoms with Crippen molar-refractivity contribution in [1.82, 2.24) is 24.7 Å². The fourth-order valence-corrected chi connectivity index (χ4v) is 4.15. The molecule has 1 aliphatic heterocycles. The summed E-state index contributed by atoms with van der Waals surface area (Å²) in [5.74, 6) is 0.898. The Morgan fingerprint density at radius 1 is 1.00 bits per heavy atom. The van der Waals surface area contributed by atoms with Crippen molar-refractivity contribution < 1.29 is 0 Å². The Bertz CT molecular complexity index is 851. The summed E-state index contributed by atoms with van der Waals surface area (Å²) >= 11 is 13.6. The molecule has 3 heterocycles. The summed E-state index contributed by atoms with van der Waals surface area (Å²) in [4.78, 5) is 3.25. The average Bonchev–Trinajstić information content (AvgIpc) is 3.04. The number of fused-ring (bicyclic) bond motifs is 1. The summed E-state index contributed by atoms with van der Waals surface area (Å²) in [6.07, 6.45) is 5.16. The van der Waals surface area contributed by atoms with E-state index in [-0.39, 0.29) is 0 Å². The Kier molecular flexibility index (Phi) is 4.72. The maximum Gasteiger partial charge on any atom is 0.235 e. The van der Waals surface area contributed by atoms with Crippen LogP contribution in [0.3, 0.4) is 0 Å². The lowest BCUT2D eigenvalue weighted by Gasteiger charge is -2.17. The van der Waals surface area contributed by atoms with Gasteiger partial charge in [0.25, 0.3) is 0 Å². The first-order valence-corrected chi connectivity index (χ1v) is 9.67. The maximum absolute atomic E-state index is 6.12. The van der Waals surface area contributed by atoms with E-state index < -0.39 is 0 Å². The highest BCUT2D eigenvalue weighted by Crippen LogP contribution is 2.31. The predicted molar refractivity (Wildman–Crippen MR) is 97.9 cm³/mol. The van der Waals surface area contributed by atoms with Gasteiger partial charge < -0.3 is 0 Å². The molecule has 0 bridgehead atoms. The zero-order chi connectivity index (χ0) is 16.5. The highest BCUT2D eigenvalue weighted by Gasteiger charge is 2.17. The number of hydrogen-bond acceptors (Lipinski definition) is 5. The molecule has 1 saturated heterocycles. The van der Waals surface area contributed by atoms with Gasteiger partial charge in [-0.2, -0.15) is 9.61 Å². The molecule has 1 aromatic carbocycles. The first kappa shape index (κ1) is 16.3. The summed E-state index contributed by atoms with van der Waals surface area (Å²) in [6, 6.07) is 5.55. The lowest BCUT2D eigenvalue weighted by Crippen LogP contribution is -2.25. The van der Waals surface area contributed by atoms with Crippen LogP contribution in [0.2, 0.25) is 10.0 Å². The largest absolute Gasteiger partial charge is 0.296 e. The fourth-order valence-electron chi connectivity index (χ4n) is 3.00. The topological polar surface area (TPSA) is 46.3 Å². The molecule has 24 heavy (non-hydrogen) atoms. The Morgan fingerprint density at radius 2 is 1.79 bits per heavy atom. The van der Waals surface area contributed by atoms with Crippen LogP contribution >= 0.6 is 34.5 Å². The predicted octanol–water partition coefficient (Wildman–Crippen LogP) is 4.54. The van der Waals surface area contributed by atoms with Crippen molar-refractivity contribution in [2.75, 3.05) is 13.1 Å². The minimum absolute atomic E-state index is 0.532. The first-order chi connectivity index (χ1) is 11.7. The van der Waals surface area contributed by atoms with Crippen LogP contribution in [0, 0.1) is 0 Å². The van der Waals surface area contributed by atoms with E-state index in [0.29, 0.717) is 10.0 Å². The number of hydrogen-bond donors (Lipinski definition) is 0. The highest BCUT2D eigenvalue weighted by atomic mass is 35.5. The van der Waals surface area contributed by atoms with Crippen molar-refractivity contribution >= 4 is 39.5 Å². The van der Waals surface area contributed by atoms with E-state index in [2.05, 4.69) is 20.2 Å². The van der Waals surface area contributed by atoms with Crippen molar-refractivity contribution in [3.8, 4) is 10.6 Å². The second kappa shape index (κ2) is 6.96. The van der Waals surface area contributed by atoms with Crippen LogP contribution in [0.4, 0.5) is 0 Å². The van der Waals surface area contributed by atoms with E-state index in [1.165, 1.54) is 37.0 Å². The third-order valence-electron chi connectivity index (χ3n) is 4.29. The summed E-state index contributed by atoms with van der Waals surface area (Å²) < 4.78 is 1.85. The Balaban J connectivity index is 1.61. The molecule has 1 fully saturated rings. The molecule has 0 unspecified atom stereocenters. The molecule has 3 aromatic rings. The van der Waals surface area contributed by atoms with Crippen molar-refractivity contribution in [2.45, 2.75) is 32.2 Å². The first-order valence-electron chi connectivity index (χ1n) is 8.09. The molecule has 8 heteroatoms. The van der Waals surface area contributed by atoms with Gasteiger partial charge in [-0.1, -0.05) is 53.4 Å². The number of likely N-dealkylation sites (tertiary alicyclic amines) is 1. The van der Waals surface area contributed by atoms with Gasteiger partial charge >= 0.3 is 0 Å². The quantitative estimate of drug-likeness (QED) is 0.668. The van der Waals surface area contributed by atoms with Crippen LogP contribution in [-0.2, 0) is 6.54 Å². The molecule has 0 N–H and O–H groups in total. The van der Waals surface area contributed by atoms with Crippen molar-refractivity contribution in [1.29, 1.82) is 0 Å². The smallest absolute Gasteiger partial charge is 0.235 e. The molecule has 126 valence electrons. The summed E-state index contributed by atoms with van der Waals surface area (Å²) in [6.45, 7) is 3.04. The molecule has 2 aromatic heterocycles. The van der Waals surface area contributed by atoms with E-state index in [1.54, 1.807) is 6.07 Å². The normalized spacial score (nSPS) is 16.6. The number of benzene rings is 1. The van der Waals surface area contributed by atoms with Crippen molar-refractivity contribution in [3.63, 3.8) is 0 Å².